The van der Waals surface area contributed by atoms with Gasteiger partial charge in [0.2, 0.25) is 0 Å². The quantitative estimate of drug-likeness (QED) is 0.771. The molecule has 0 amide bonds. The van der Waals surface area contributed by atoms with Gasteiger partial charge in [-0.2, -0.15) is 0 Å². The Labute approximate surface area is 137 Å². The molecule has 0 bridgehead atoms. The first-order valence-corrected chi connectivity index (χ1v) is 9.47. The average Bonchev–Trinajstić information content (AvgIpc) is 2.95. The molecule has 0 spiro atoms. The Morgan fingerprint density at radius 1 is 1.13 bits per heavy atom. The summed E-state index contributed by atoms with van der Waals surface area (Å²) < 4.78 is 36.1. The second kappa shape index (κ2) is 6.10. The predicted molar refractivity (Wildman–Crippen MR) is 90.3 cm³/mol. The summed E-state index contributed by atoms with van der Waals surface area (Å²) >= 11 is 1.39. The lowest BCUT2D eigenvalue weighted by Crippen LogP contribution is -1.96. The van der Waals surface area contributed by atoms with Crippen LogP contribution in [0.4, 0.5) is 15.2 Å². The van der Waals surface area contributed by atoms with Crippen molar-refractivity contribution in [2.24, 2.45) is 0 Å². The van der Waals surface area contributed by atoms with Gasteiger partial charge in [0, 0.05) is 22.9 Å². The highest BCUT2D eigenvalue weighted by molar-refractivity contribution is 7.90. The van der Waals surface area contributed by atoms with E-state index in [2.05, 4.69) is 10.3 Å². The summed E-state index contributed by atoms with van der Waals surface area (Å²) in [5.41, 5.74) is 2.17. The van der Waals surface area contributed by atoms with Gasteiger partial charge in [0.05, 0.1) is 10.6 Å². The molecule has 1 N–H and O–H groups in total. The van der Waals surface area contributed by atoms with Gasteiger partial charge in [0.1, 0.15) is 5.82 Å². The molecule has 0 radical (unpaired) electrons. The summed E-state index contributed by atoms with van der Waals surface area (Å²) in [6.07, 6.45) is 1.17. The monoisotopic (exact) mass is 348 g/mol. The molecule has 1 heterocycles. The number of halogens is 1. The van der Waals surface area contributed by atoms with Crippen molar-refractivity contribution in [1.29, 1.82) is 0 Å². The second-order valence-corrected chi connectivity index (χ2v) is 7.84. The van der Waals surface area contributed by atoms with E-state index < -0.39 is 9.84 Å². The Bertz CT molecular complexity index is 935. The number of nitrogens with one attached hydrogen (secondary N) is 1. The molecule has 0 fully saturated rings. The van der Waals surface area contributed by atoms with Crippen molar-refractivity contribution in [3.05, 3.63) is 59.7 Å². The Hall–Kier alpha value is -2.25. The van der Waals surface area contributed by atoms with Crippen molar-refractivity contribution in [2.45, 2.75) is 4.90 Å². The SMILES string of the molecule is CS(=O)(=O)c1ccc(-c2csc(Nc3cccc(F)c3)n2)cc1. The van der Waals surface area contributed by atoms with Gasteiger partial charge < -0.3 is 5.32 Å². The van der Waals surface area contributed by atoms with Crippen LogP contribution in [0.2, 0.25) is 0 Å². The lowest BCUT2D eigenvalue weighted by molar-refractivity contribution is 0.602. The molecule has 0 atom stereocenters. The summed E-state index contributed by atoms with van der Waals surface area (Å²) in [6.45, 7) is 0. The molecule has 118 valence electrons. The van der Waals surface area contributed by atoms with E-state index in [-0.39, 0.29) is 10.7 Å². The molecule has 4 nitrogen and oxygen atoms in total. The number of rotatable bonds is 4. The molecule has 0 unspecified atom stereocenters. The summed E-state index contributed by atoms with van der Waals surface area (Å²) in [6, 6.07) is 12.7. The molecule has 3 aromatic rings. The number of thiazole rings is 1. The first-order valence-electron chi connectivity index (χ1n) is 6.70. The summed E-state index contributed by atoms with van der Waals surface area (Å²) in [5, 5.41) is 5.54. The van der Waals surface area contributed by atoms with Crippen LogP contribution in [0.25, 0.3) is 11.3 Å². The Balaban J connectivity index is 1.81. The van der Waals surface area contributed by atoms with E-state index >= 15 is 0 Å². The van der Waals surface area contributed by atoms with E-state index in [0.717, 1.165) is 11.3 Å². The number of aromatic nitrogens is 1. The Kier molecular flexibility index (Phi) is 4.14. The van der Waals surface area contributed by atoms with Crippen LogP contribution in [-0.2, 0) is 9.84 Å². The standard InChI is InChI=1S/C16H13FN2O2S2/c1-23(20,21)14-7-5-11(6-8-14)15-10-22-16(19-15)18-13-4-2-3-12(17)9-13/h2-10H,1H3,(H,18,19). The number of hydrogen-bond acceptors (Lipinski definition) is 5. The van der Waals surface area contributed by atoms with Crippen LogP contribution in [0.15, 0.2) is 58.8 Å². The first kappa shape index (κ1) is 15.6. The number of nitrogens with zero attached hydrogens (tertiary/aromatic N) is 1. The van der Waals surface area contributed by atoms with Crippen molar-refractivity contribution in [3.8, 4) is 11.3 Å². The third-order valence-electron chi connectivity index (χ3n) is 3.16. The Morgan fingerprint density at radius 2 is 1.87 bits per heavy atom. The van der Waals surface area contributed by atoms with Crippen molar-refractivity contribution in [2.75, 3.05) is 11.6 Å². The van der Waals surface area contributed by atoms with Crippen molar-refractivity contribution in [3.63, 3.8) is 0 Å². The molecule has 0 aliphatic rings. The molecule has 7 heteroatoms. The van der Waals surface area contributed by atoms with Gasteiger partial charge in [-0.05, 0) is 30.3 Å². The second-order valence-electron chi connectivity index (χ2n) is 4.97. The third kappa shape index (κ3) is 3.75. The smallest absolute Gasteiger partial charge is 0.187 e. The van der Waals surface area contributed by atoms with E-state index in [1.54, 1.807) is 36.4 Å². The fraction of sp³-hybridized carbons (Fsp3) is 0.0625. The fourth-order valence-electron chi connectivity index (χ4n) is 2.03. The highest BCUT2D eigenvalue weighted by atomic mass is 32.2. The van der Waals surface area contributed by atoms with Gasteiger partial charge in [-0.15, -0.1) is 11.3 Å². The molecule has 0 aliphatic heterocycles. The topological polar surface area (TPSA) is 59.1 Å². The van der Waals surface area contributed by atoms with Crippen LogP contribution in [0.3, 0.4) is 0 Å². The molecule has 1 aromatic heterocycles. The molecular formula is C16H13FN2O2S2. The summed E-state index contributed by atoms with van der Waals surface area (Å²) in [4.78, 5) is 4.71. The first-order chi connectivity index (χ1) is 10.9. The van der Waals surface area contributed by atoms with Crippen molar-refractivity contribution >= 4 is 32.0 Å². The maximum absolute atomic E-state index is 13.2. The van der Waals surface area contributed by atoms with Crippen LogP contribution in [-0.4, -0.2) is 19.7 Å². The van der Waals surface area contributed by atoms with Gasteiger partial charge in [0.15, 0.2) is 15.0 Å². The minimum absolute atomic E-state index is 0.273. The minimum atomic E-state index is -3.21. The lowest BCUT2D eigenvalue weighted by Gasteiger charge is -2.02. The summed E-state index contributed by atoms with van der Waals surface area (Å²) in [5.74, 6) is -0.317. The van der Waals surface area contributed by atoms with E-state index in [1.165, 1.54) is 29.7 Å². The molecule has 0 saturated heterocycles. The van der Waals surface area contributed by atoms with Crippen LogP contribution < -0.4 is 5.32 Å². The van der Waals surface area contributed by atoms with Gasteiger partial charge in [-0.25, -0.2) is 17.8 Å². The zero-order valence-corrected chi connectivity index (χ0v) is 13.8. The maximum Gasteiger partial charge on any atom is 0.187 e. The van der Waals surface area contributed by atoms with Gasteiger partial charge in [-0.3, -0.25) is 0 Å². The largest absolute Gasteiger partial charge is 0.331 e. The predicted octanol–water partition coefficient (Wildman–Crippen LogP) is 4.10. The zero-order valence-electron chi connectivity index (χ0n) is 12.2. The van der Waals surface area contributed by atoms with Crippen LogP contribution in [0.5, 0.6) is 0 Å². The highest BCUT2D eigenvalue weighted by Crippen LogP contribution is 2.28. The van der Waals surface area contributed by atoms with Gasteiger partial charge in [-0.1, -0.05) is 18.2 Å². The lowest BCUT2D eigenvalue weighted by atomic mass is 10.2. The van der Waals surface area contributed by atoms with Crippen LogP contribution in [0, 0.1) is 5.82 Å². The number of hydrogen-bond donors (Lipinski definition) is 1. The van der Waals surface area contributed by atoms with E-state index in [4.69, 9.17) is 0 Å². The van der Waals surface area contributed by atoms with Crippen LogP contribution in [0.1, 0.15) is 0 Å². The fourth-order valence-corrected chi connectivity index (χ4v) is 3.40. The maximum atomic E-state index is 13.2. The molecule has 3 rings (SSSR count). The highest BCUT2D eigenvalue weighted by Gasteiger charge is 2.09. The van der Waals surface area contributed by atoms with Crippen molar-refractivity contribution in [1.82, 2.24) is 4.98 Å². The van der Waals surface area contributed by atoms with Gasteiger partial charge in [0.25, 0.3) is 0 Å². The molecule has 2 aromatic carbocycles. The molecule has 0 saturated carbocycles. The van der Waals surface area contributed by atoms with E-state index in [0.29, 0.717) is 10.8 Å². The molecule has 23 heavy (non-hydrogen) atoms. The number of benzene rings is 2. The summed E-state index contributed by atoms with van der Waals surface area (Å²) in [7, 11) is -3.21. The normalized spacial score (nSPS) is 11.4. The van der Waals surface area contributed by atoms with E-state index in [1.807, 2.05) is 5.38 Å². The number of sulfone groups is 1. The van der Waals surface area contributed by atoms with Crippen molar-refractivity contribution < 1.29 is 12.8 Å². The Morgan fingerprint density at radius 3 is 2.52 bits per heavy atom. The minimum Gasteiger partial charge on any atom is -0.331 e. The number of anilines is 2. The zero-order chi connectivity index (χ0) is 16.4. The molecular weight excluding hydrogens is 335 g/mol. The third-order valence-corrected chi connectivity index (χ3v) is 5.04. The van der Waals surface area contributed by atoms with E-state index in [9.17, 15) is 12.8 Å². The van der Waals surface area contributed by atoms with Crippen LogP contribution >= 0.6 is 11.3 Å². The molecule has 0 aliphatic carbocycles. The van der Waals surface area contributed by atoms with Gasteiger partial charge >= 0.3 is 0 Å². The average molecular weight is 348 g/mol.